The Labute approximate surface area is 90.3 Å². The first kappa shape index (κ1) is 9.37. The van der Waals surface area contributed by atoms with Crippen LogP contribution >= 0.6 is 34.5 Å². The van der Waals surface area contributed by atoms with Gasteiger partial charge in [-0.15, -0.1) is 10.2 Å². The Morgan fingerprint density at radius 1 is 1.36 bits per heavy atom. The fraction of sp³-hybridized carbons (Fsp3) is 0. The number of carbonyl (C=O) groups excluding carboxylic acids is 1. The van der Waals surface area contributed by atoms with E-state index in [1.165, 1.54) is 0 Å². The monoisotopic (exact) mass is 248 g/mol. The molecule has 2 aromatic heterocycles. The molecule has 7 nitrogen and oxygen atoms in total. The number of nitrogens with zero attached hydrogens (tertiary/aromatic N) is 5. The van der Waals surface area contributed by atoms with Gasteiger partial charge in [0.15, 0.2) is 0 Å². The van der Waals surface area contributed by atoms with E-state index in [1.54, 1.807) is 0 Å². The maximum Gasteiger partial charge on any atom is 0.288 e. The zero-order valence-electron chi connectivity index (χ0n) is 6.34. The second kappa shape index (κ2) is 3.90. The van der Waals surface area contributed by atoms with Gasteiger partial charge in [-0.05, 0) is 16.8 Å². The molecule has 1 amide bonds. The Morgan fingerprint density at radius 3 is 2.79 bits per heavy atom. The average molecular weight is 249 g/mol. The van der Waals surface area contributed by atoms with E-state index in [4.69, 9.17) is 11.6 Å². The van der Waals surface area contributed by atoms with E-state index in [0.29, 0.717) is 5.13 Å². The van der Waals surface area contributed by atoms with Crippen LogP contribution in [0.15, 0.2) is 0 Å². The molecule has 0 aliphatic rings. The Morgan fingerprint density at radius 2 is 2.21 bits per heavy atom. The standard InChI is InChI=1S/C4HClN6OS2/c5-3-8-7-2(13-3)1(12)6-4-9-10-11-14-4/h(H,6,9,11,12). The molecular formula is C4HClN6OS2. The predicted octanol–water partition coefficient (Wildman–Crippen LogP) is 0.690. The van der Waals surface area contributed by atoms with Crippen LogP contribution in [0, 0.1) is 0 Å². The largest absolute Gasteiger partial charge is 0.293 e. The van der Waals surface area contributed by atoms with Crippen LogP contribution in [-0.4, -0.2) is 30.9 Å². The summed E-state index contributed by atoms with van der Waals surface area (Å²) in [7, 11) is 0. The Kier molecular flexibility index (Phi) is 2.61. The van der Waals surface area contributed by atoms with Crippen molar-refractivity contribution in [3.05, 3.63) is 9.47 Å². The molecule has 2 rings (SSSR count). The minimum Gasteiger partial charge on any atom is -0.293 e. The Balaban J connectivity index is 2.10. The van der Waals surface area contributed by atoms with Crippen molar-refractivity contribution in [3.8, 4) is 0 Å². The van der Waals surface area contributed by atoms with Crippen molar-refractivity contribution in [2.75, 3.05) is 5.32 Å². The third kappa shape index (κ3) is 2.00. The molecule has 14 heavy (non-hydrogen) atoms. The van der Waals surface area contributed by atoms with E-state index in [1.807, 2.05) is 0 Å². The number of halogens is 1. The molecule has 0 spiro atoms. The van der Waals surface area contributed by atoms with Crippen molar-refractivity contribution in [2.24, 2.45) is 0 Å². The zero-order chi connectivity index (χ0) is 9.97. The summed E-state index contributed by atoms with van der Waals surface area (Å²) in [6.07, 6.45) is 0. The van der Waals surface area contributed by atoms with Crippen molar-refractivity contribution in [3.63, 3.8) is 0 Å². The van der Waals surface area contributed by atoms with Gasteiger partial charge >= 0.3 is 0 Å². The van der Waals surface area contributed by atoms with Crippen LogP contribution in [0.2, 0.25) is 4.47 Å². The van der Waals surface area contributed by atoms with Crippen molar-refractivity contribution in [2.45, 2.75) is 0 Å². The molecular weight excluding hydrogens is 248 g/mol. The number of amides is 1. The summed E-state index contributed by atoms with van der Waals surface area (Å²) in [6.45, 7) is 0. The summed E-state index contributed by atoms with van der Waals surface area (Å²) in [5.74, 6) is -0.423. The van der Waals surface area contributed by atoms with Crippen molar-refractivity contribution >= 4 is 45.5 Å². The quantitative estimate of drug-likeness (QED) is 0.840. The Hall–Kier alpha value is -1.19. The molecule has 0 aromatic carbocycles. The minimum absolute atomic E-state index is 0.171. The molecule has 0 saturated carbocycles. The topological polar surface area (TPSA) is 93.6 Å². The normalized spacial score (nSPS) is 10.1. The number of rotatable bonds is 2. The summed E-state index contributed by atoms with van der Waals surface area (Å²) in [5, 5.41) is 16.8. The lowest BCUT2D eigenvalue weighted by molar-refractivity contribution is 0.102. The smallest absolute Gasteiger partial charge is 0.288 e. The first-order chi connectivity index (χ1) is 6.75. The molecule has 2 aromatic rings. The van der Waals surface area contributed by atoms with Crippen LogP contribution in [0.4, 0.5) is 5.13 Å². The molecule has 0 unspecified atom stereocenters. The lowest BCUT2D eigenvalue weighted by Gasteiger charge is -1.92. The van der Waals surface area contributed by atoms with E-state index in [0.717, 1.165) is 22.9 Å². The van der Waals surface area contributed by atoms with Gasteiger partial charge in [-0.1, -0.05) is 20.9 Å². The fourth-order valence-corrected chi connectivity index (χ4v) is 1.71. The molecule has 0 saturated heterocycles. The minimum atomic E-state index is -0.423. The second-order valence-corrected chi connectivity index (χ2v) is 4.27. The van der Waals surface area contributed by atoms with Crippen LogP contribution in [0.3, 0.4) is 0 Å². The molecule has 72 valence electrons. The van der Waals surface area contributed by atoms with Crippen LogP contribution in [0.5, 0.6) is 0 Å². The lowest BCUT2D eigenvalue weighted by atomic mass is 10.6. The number of aromatic nitrogens is 5. The van der Waals surface area contributed by atoms with Gasteiger partial charge in [-0.2, -0.15) is 0 Å². The summed E-state index contributed by atoms with van der Waals surface area (Å²) < 4.78 is 3.69. The molecule has 0 bridgehead atoms. The number of hydrogen-bond donors (Lipinski definition) is 1. The van der Waals surface area contributed by atoms with Crippen LogP contribution in [0.1, 0.15) is 9.80 Å². The first-order valence-corrected chi connectivity index (χ1v) is 5.18. The summed E-state index contributed by atoms with van der Waals surface area (Å²) >= 11 is 7.47. The third-order valence-corrected chi connectivity index (χ3v) is 2.64. The van der Waals surface area contributed by atoms with E-state index < -0.39 is 5.91 Å². The van der Waals surface area contributed by atoms with E-state index in [-0.39, 0.29) is 9.47 Å². The highest BCUT2D eigenvalue weighted by atomic mass is 35.5. The molecule has 0 radical (unpaired) electrons. The van der Waals surface area contributed by atoms with Gasteiger partial charge < -0.3 is 0 Å². The third-order valence-electron chi connectivity index (χ3n) is 1.11. The average Bonchev–Trinajstić information content (AvgIpc) is 2.75. The van der Waals surface area contributed by atoms with Gasteiger partial charge in [-0.3, -0.25) is 10.1 Å². The van der Waals surface area contributed by atoms with Crippen LogP contribution in [0.25, 0.3) is 0 Å². The van der Waals surface area contributed by atoms with Crippen molar-refractivity contribution in [1.29, 1.82) is 0 Å². The van der Waals surface area contributed by atoms with E-state index in [9.17, 15) is 4.79 Å². The number of carbonyl (C=O) groups is 1. The number of nitrogens with one attached hydrogen (secondary N) is 1. The summed E-state index contributed by atoms with van der Waals surface area (Å²) in [6, 6.07) is 0. The molecule has 0 aliphatic carbocycles. The second-order valence-electron chi connectivity index (χ2n) is 1.98. The van der Waals surface area contributed by atoms with Crippen molar-refractivity contribution < 1.29 is 4.79 Å². The Bertz CT molecular complexity index is 440. The molecule has 2 heterocycles. The highest BCUT2D eigenvalue weighted by Crippen LogP contribution is 2.16. The van der Waals surface area contributed by atoms with Crippen LogP contribution in [-0.2, 0) is 0 Å². The van der Waals surface area contributed by atoms with Gasteiger partial charge in [0.2, 0.25) is 14.6 Å². The molecule has 10 heteroatoms. The van der Waals surface area contributed by atoms with Gasteiger partial charge in [0.1, 0.15) is 0 Å². The molecule has 0 fully saturated rings. The summed E-state index contributed by atoms with van der Waals surface area (Å²) in [5.41, 5.74) is 0. The highest BCUT2D eigenvalue weighted by molar-refractivity contribution is 7.17. The van der Waals surface area contributed by atoms with Crippen molar-refractivity contribution in [1.82, 2.24) is 25.0 Å². The van der Waals surface area contributed by atoms with Gasteiger partial charge in [0, 0.05) is 11.5 Å². The maximum absolute atomic E-state index is 11.4. The predicted molar refractivity (Wildman–Crippen MR) is 50.6 cm³/mol. The van der Waals surface area contributed by atoms with E-state index in [2.05, 4.69) is 30.3 Å². The number of hydrogen-bond acceptors (Lipinski definition) is 8. The summed E-state index contributed by atoms with van der Waals surface area (Å²) in [4.78, 5) is 11.4. The highest BCUT2D eigenvalue weighted by Gasteiger charge is 2.13. The van der Waals surface area contributed by atoms with E-state index >= 15 is 0 Å². The van der Waals surface area contributed by atoms with Gasteiger partial charge in [-0.25, -0.2) is 0 Å². The molecule has 0 atom stereocenters. The lowest BCUT2D eigenvalue weighted by Crippen LogP contribution is -2.11. The fourth-order valence-electron chi connectivity index (χ4n) is 0.630. The molecule has 1 N–H and O–H groups in total. The molecule has 0 aliphatic heterocycles. The first-order valence-electron chi connectivity index (χ1n) is 3.21. The number of anilines is 1. The zero-order valence-corrected chi connectivity index (χ0v) is 8.73. The van der Waals surface area contributed by atoms with Crippen LogP contribution < -0.4 is 5.32 Å². The van der Waals surface area contributed by atoms with Gasteiger partial charge in [0.05, 0.1) is 0 Å². The SMILES string of the molecule is O=C(Nc1nnns1)c1nnc(Cl)s1. The maximum atomic E-state index is 11.4. The van der Waals surface area contributed by atoms with Gasteiger partial charge in [0.25, 0.3) is 5.91 Å².